The molecule has 1 N–H and O–H groups in total. The van der Waals surface area contributed by atoms with Crippen LogP contribution >= 0.6 is 0 Å². The van der Waals surface area contributed by atoms with Gasteiger partial charge in [-0.05, 0) is 31.2 Å². The van der Waals surface area contributed by atoms with Crippen LogP contribution in [0.2, 0.25) is 0 Å². The number of aromatic nitrogens is 2. The van der Waals surface area contributed by atoms with Crippen LogP contribution in [-0.2, 0) is 6.54 Å². The second kappa shape index (κ2) is 6.91. The molecule has 0 atom stereocenters. The lowest BCUT2D eigenvalue weighted by atomic mass is 10.1. The van der Waals surface area contributed by atoms with E-state index in [1.165, 1.54) is 6.07 Å². The topological polar surface area (TPSA) is 90.2 Å². The Labute approximate surface area is 138 Å². The third kappa shape index (κ3) is 3.10. The number of nitrogens with one attached hydrogen (secondary N) is 1. The molecule has 0 unspecified atom stereocenters. The van der Waals surface area contributed by atoms with Gasteiger partial charge in [-0.3, -0.25) is 15.1 Å². The zero-order valence-corrected chi connectivity index (χ0v) is 13.1. The molecule has 7 nitrogen and oxygen atoms in total. The number of ether oxygens (including phenoxy) is 1. The highest BCUT2D eigenvalue weighted by atomic mass is 16.6. The van der Waals surface area contributed by atoms with Gasteiger partial charge in [0.15, 0.2) is 0 Å². The van der Waals surface area contributed by atoms with Crippen LogP contribution in [0.15, 0.2) is 48.8 Å². The van der Waals surface area contributed by atoms with Crippen molar-refractivity contribution in [1.82, 2.24) is 9.97 Å². The summed E-state index contributed by atoms with van der Waals surface area (Å²) in [5.41, 5.74) is 2.23. The SMILES string of the molecule is CCOc1ncccc1CNc1ccc([N+](=O)[O-])c2cccnc12. The van der Waals surface area contributed by atoms with Crippen molar-refractivity contribution < 1.29 is 9.66 Å². The Morgan fingerprint density at radius 3 is 2.75 bits per heavy atom. The van der Waals surface area contributed by atoms with Gasteiger partial charge in [0.05, 0.1) is 22.6 Å². The van der Waals surface area contributed by atoms with Gasteiger partial charge >= 0.3 is 0 Å². The fraction of sp³-hybridized carbons (Fsp3) is 0.176. The van der Waals surface area contributed by atoms with E-state index in [1.807, 2.05) is 19.1 Å². The molecule has 1 aromatic carbocycles. The smallest absolute Gasteiger partial charge is 0.278 e. The summed E-state index contributed by atoms with van der Waals surface area (Å²) in [4.78, 5) is 19.2. The lowest BCUT2D eigenvalue weighted by Gasteiger charge is -2.12. The number of fused-ring (bicyclic) bond motifs is 1. The average molecular weight is 324 g/mol. The summed E-state index contributed by atoms with van der Waals surface area (Å²) in [5.74, 6) is 0.576. The largest absolute Gasteiger partial charge is 0.478 e. The molecule has 7 heteroatoms. The molecule has 0 saturated carbocycles. The second-order valence-electron chi connectivity index (χ2n) is 5.04. The molecule has 0 fully saturated rings. The molecular weight excluding hydrogens is 308 g/mol. The predicted octanol–water partition coefficient (Wildman–Crippen LogP) is 3.55. The standard InChI is InChI=1S/C17H16N4O3/c1-2-24-17-12(5-3-10-19-17)11-20-14-7-8-15(21(22)23)13-6-4-9-18-16(13)14/h3-10,20H,2,11H2,1H3. The van der Waals surface area contributed by atoms with Crippen molar-refractivity contribution in [3.8, 4) is 5.88 Å². The van der Waals surface area contributed by atoms with Crippen LogP contribution < -0.4 is 10.1 Å². The first-order chi connectivity index (χ1) is 11.7. The summed E-state index contributed by atoms with van der Waals surface area (Å²) in [6.45, 7) is 2.92. The van der Waals surface area contributed by atoms with Crippen molar-refractivity contribution in [2.45, 2.75) is 13.5 Å². The maximum atomic E-state index is 11.2. The minimum Gasteiger partial charge on any atom is -0.478 e. The zero-order valence-electron chi connectivity index (χ0n) is 13.1. The quantitative estimate of drug-likeness (QED) is 0.551. The first-order valence-corrected chi connectivity index (χ1v) is 7.53. The number of nitro benzene ring substituents is 1. The van der Waals surface area contributed by atoms with Crippen LogP contribution in [-0.4, -0.2) is 21.5 Å². The zero-order chi connectivity index (χ0) is 16.9. The van der Waals surface area contributed by atoms with Crippen molar-refractivity contribution >= 4 is 22.3 Å². The highest BCUT2D eigenvalue weighted by Crippen LogP contribution is 2.30. The third-order valence-corrected chi connectivity index (χ3v) is 3.54. The van der Waals surface area contributed by atoms with Gasteiger partial charge < -0.3 is 10.1 Å². The van der Waals surface area contributed by atoms with E-state index in [2.05, 4.69) is 15.3 Å². The molecule has 3 aromatic rings. The summed E-state index contributed by atoms with van der Waals surface area (Å²) in [6, 6.07) is 10.3. The molecule has 0 saturated heterocycles. The number of rotatable bonds is 6. The second-order valence-corrected chi connectivity index (χ2v) is 5.04. The van der Waals surface area contributed by atoms with Crippen LogP contribution in [0, 0.1) is 10.1 Å². The maximum Gasteiger partial charge on any atom is 0.278 e. The Morgan fingerprint density at radius 1 is 1.17 bits per heavy atom. The van der Waals surface area contributed by atoms with E-state index < -0.39 is 4.92 Å². The number of nitrogens with zero attached hydrogens (tertiary/aromatic N) is 3. The van der Waals surface area contributed by atoms with E-state index in [-0.39, 0.29) is 5.69 Å². The molecule has 0 aliphatic heterocycles. The number of hydrogen-bond acceptors (Lipinski definition) is 6. The monoisotopic (exact) mass is 324 g/mol. The van der Waals surface area contributed by atoms with E-state index in [1.54, 1.807) is 30.6 Å². The number of benzene rings is 1. The van der Waals surface area contributed by atoms with Crippen molar-refractivity contribution in [2.24, 2.45) is 0 Å². The Kier molecular flexibility index (Phi) is 4.51. The summed E-state index contributed by atoms with van der Waals surface area (Å²) in [6.07, 6.45) is 3.30. The average Bonchev–Trinajstić information content (AvgIpc) is 2.60. The molecule has 0 bridgehead atoms. The molecular formula is C17H16N4O3. The molecule has 0 radical (unpaired) electrons. The summed E-state index contributed by atoms with van der Waals surface area (Å²) >= 11 is 0. The van der Waals surface area contributed by atoms with Crippen molar-refractivity contribution in [2.75, 3.05) is 11.9 Å². The van der Waals surface area contributed by atoms with Crippen molar-refractivity contribution in [1.29, 1.82) is 0 Å². The van der Waals surface area contributed by atoms with Crippen LogP contribution in [0.4, 0.5) is 11.4 Å². The summed E-state index contributed by atoms with van der Waals surface area (Å²) in [5, 5.41) is 14.9. The molecule has 24 heavy (non-hydrogen) atoms. The summed E-state index contributed by atoms with van der Waals surface area (Å²) < 4.78 is 5.51. The summed E-state index contributed by atoms with van der Waals surface area (Å²) in [7, 11) is 0. The molecule has 2 heterocycles. The minimum absolute atomic E-state index is 0.0417. The lowest BCUT2D eigenvalue weighted by molar-refractivity contribution is -0.383. The maximum absolute atomic E-state index is 11.2. The number of pyridine rings is 2. The van der Waals surface area contributed by atoms with Gasteiger partial charge in [-0.15, -0.1) is 0 Å². The number of nitro groups is 1. The molecule has 0 aliphatic rings. The minimum atomic E-state index is -0.401. The van der Waals surface area contributed by atoms with Gasteiger partial charge in [0, 0.05) is 30.6 Å². The van der Waals surface area contributed by atoms with Crippen LogP contribution in [0.3, 0.4) is 0 Å². The van der Waals surface area contributed by atoms with Crippen molar-refractivity contribution in [3.63, 3.8) is 0 Å². The molecule has 3 rings (SSSR count). The van der Waals surface area contributed by atoms with Gasteiger partial charge in [0.2, 0.25) is 5.88 Å². The Bertz CT molecular complexity index is 883. The predicted molar refractivity (Wildman–Crippen MR) is 91.1 cm³/mol. The van der Waals surface area contributed by atoms with E-state index in [9.17, 15) is 10.1 Å². The molecule has 2 aromatic heterocycles. The normalized spacial score (nSPS) is 10.5. The molecule has 0 spiro atoms. The Balaban J connectivity index is 1.92. The highest BCUT2D eigenvalue weighted by Gasteiger charge is 2.15. The molecule has 0 aliphatic carbocycles. The Morgan fingerprint density at radius 2 is 1.96 bits per heavy atom. The van der Waals surface area contributed by atoms with E-state index in [0.29, 0.717) is 29.9 Å². The number of non-ortho nitro benzene ring substituents is 1. The highest BCUT2D eigenvalue weighted by molar-refractivity contribution is 5.96. The van der Waals surface area contributed by atoms with E-state index in [4.69, 9.17) is 4.74 Å². The number of hydrogen-bond donors (Lipinski definition) is 1. The van der Waals surface area contributed by atoms with E-state index in [0.717, 1.165) is 11.3 Å². The lowest BCUT2D eigenvalue weighted by Crippen LogP contribution is -2.05. The fourth-order valence-corrected chi connectivity index (χ4v) is 2.48. The van der Waals surface area contributed by atoms with Crippen molar-refractivity contribution in [3.05, 3.63) is 64.5 Å². The van der Waals surface area contributed by atoms with Gasteiger partial charge in [0.1, 0.15) is 5.52 Å². The molecule has 122 valence electrons. The third-order valence-electron chi connectivity index (χ3n) is 3.54. The van der Waals surface area contributed by atoms with Gasteiger partial charge in [-0.1, -0.05) is 6.07 Å². The van der Waals surface area contributed by atoms with Gasteiger partial charge in [0.25, 0.3) is 5.69 Å². The van der Waals surface area contributed by atoms with Gasteiger partial charge in [-0.25, -0.2) is 4.98 Å². The van der Waals surface area contributed by atoms with E-state index >= 15 is 0 Å². The first kappa shape index (κ1) is 15.7. The first-order valence-electron chi connectivity index (χ1n) is 7.53. The fourth-order valence-electron chi connectivity index (χ4n) is 2.48. The van der Waals surface area contributed by atoms with Crippen LogP contribution in [0.5, 0.6) is 5.88 Å². The number of anilines is 1. The Hall–Kier alpha value is -3.22. The van der Waals surface area contributed by atoms with Gasteiger partial charge in [-0.2, -0.15) is 0 Å². The van der Waals surface area contributed by atoms with Crippen LogP contribution in [0.25, 0.3) is 10.9 Å². The molecule has 0 amide bonds. The van der Waals surface area contributed by atoms with Crippen LogP contribution in [0.1, 0.15) is 12.5 Å².